The highest BCUT2D eigenvalue weighted by Crippen LogP contribution is 2.16. The number of Topliss-reactive ketones (excluding diaryl/α,β-unsaturated/α-hetero) is 1. The van der Waals surface area contributed by atoms with Crippen molar-refractivity contribution in [3.63, 3.8) is 0 Å². The molecule has 1 atom stereocenters. The molecule has 0 bridgehead atoms. The fourth-order valence-corrected chi connectivity index (χ4v) is 1.40. The molecule has 0 heterocycles. The van der Waals surface area contributed by atoms with Crippen molar-refractivity contribution in [1.29, 1.82) is 0 Å². The van der Waals surface area contributed by atoms with Crippen molar-refractivity contribution in [2.24, 2.45) is 5.92 Å². The van der Waals surface area contributed by atoms with Crippen LogP contribution in [0.5, 0.6) is 0 Å². The van der Waals surface area contributed by atoms with E-state index in [0.717, 1.165) is 12.1 Å². The Kier molecular flexibility index (Phi) is 4.53. The predicted octanol–water partition coefficient (Wildman–Crippen LogP) is 2.37. The Labute approximate surface area is 104 Å². The minimum absolute atomic E-state index is 0.401. The molecule has 0 aromatic heterocycles. The quantitative estimate of drug-likeness (QED) is 0.839. The topological polar surface area (TPSA) is 46.2 Å². The van der Waals surface area contributed by atoms with Gasteiger partial charge in [-0.3, -0.25) is 9.59 Å². The first-order valence-corrected chi connectivity index (χ1v) is 5.62. The Bertz CT molecular complexity index is 472. The van der Waals surface area contributed by atoms with Crippen LogP contribution in [0.2, 0.25) is 0 Å². The average Bonchev–Trinajstić information content (AvgIpc) is 2.31. The Morgan fingerprint density at radius 1 is 1.11 bits per heavy atom. The van der Waals surface area contributed by atoms with Crippen LogP contribution in [0.3, 0.4) is 0 Å². The first kappa shape index (κ1) is 14.3. The Morgan fingerprint density at radius 3 is 2.22 bits per heavy atom. The van der Waals surface area contributed by atoms with Crippen LogP contribution in [0.25, 0.3) is 0 Å². The summed E-state index contributed by atoms with van der Waals surface area (Å²) in [5.74, 6) is -3.59. The first-order valence-electron chi connectivity index (χ1n) is 5.62. The highest BCUT2D eigenvalue weighted by molar-refractivity contribution is 6.36. The summed E-state index contributed by atoms with van der Waals surface area (Å²) in [6.07, 6.45) is 0. The number of carbonyl (C=O) groups is 2. The van der Waals surface area contributed by atoms with Gasteiger partial charge in [0, 0.05) is 5.92 Å². The van der Waals surface area contributed by atoms with E-state index in [1.54, 1.807) is 20.8 Å². The maximum absolute atomic E-state index is 13.0. The molecule has 98 valence electrons. The van der Waals surface area contributed by atoms with Gasteiger partial charge in [0.2, 0.25) is 5.78 Å². The van der Waals surface area contributed by atoms with Crippen LogP contribution >= 0.6 is 0 Å². The Morgan fingerprint density at radius 2 is 1.72 bits per heavy atom. The molecule has 0 radical (unpaired) electrons. The minimum Gasteiger partial charge on any atom is -0.343 e. The van der Waals surface area contributed by atoms with Crippen molar-refractivity contribution in [3.8, 4) is 0 Å². The van der Waals surface area contributed by atoms with Gasteiger partial charge in [0.25, 0.3) is 5.91 Å². The Hall–Kier alpha value is -1.78. The van der Waals surface area contributed by atoms with Crippen LogP contribution in [0.1, 0.15) is 32.4 Å². The number of ketones is 1. The fourth-order valence-electron chi connectivity index (χ4n) is 1.40. The zero-order valence-corrected chi connectivity index (χ0v) is 10.5. The molecule has 5 heteroatoms. The molecular weight excluding hydrogens is 240 g/mol. The molecule has 1 aromatic rings. The summed E-state index contributed by atoms with van der Waals surface area (Å²) in [6.45, 7) is 4.83. The smallest absolute Gasteiger partial charge is 0.288 e. The largest absolute Gasteiger partial charge is 0.343 e. The van der Waals surface area contributed by atoms with Gasteiger partial charge >= 0.3 is 0 Å². The van der Waals surface area contributed by atoms with Crippen LogP contribution < -0.4 is 5.32 Å². The third kappa shape index (κ3) is 3.35. The van der Waals surface area contributed by atoms with Crippen LogP contribution in [0.15, 0.2) is 18.2 Å². The third-order valence-electron chi connectivity index (χ3n) is 2.54. The summed E-state index contributed by atoms with van der Waals surface area (Å²) >= 11 is 0. The monoisotopic (exact) mass is 255 g/mol. The molecule has 3 nitrogen and oxygen atoms in total. The van der Waals surface area contributed by atoms with Crippen LogP contribution in [-0.4, -0.2) is 11.7 Å². The lowest BCUT2D eigenvalue weighted by atomic mass is 10.1. The zero-order valence-electron chi connectivity index (χ0n) is 10.5. The fraction of sp³-hybridized carbons (Fsp3) is 0.385. The lowest BCUT2D eigenvalue weighted by molar-refractivity contribution is -0.140. The van der Waals surface area contributed by atoms with E-state index >= 15 is 0 Å². The van der Waals surface area contributed by atoms with Gasteiger partial charge in [0.05, 0.1) is 6.04 Å². The molecule has 1 unspecified atom stereocenters. The number of hydrogen-bond acceptors (Lipinski definition) is 2. The van der Waals surface area contributed by atoms with Gasteiger partial charge in [-0.15, -0.1) is 0 Å². The summed E-state index contributed by atoms with van der Waals surface area (Å²) in [4.78, 5) is 22.9. The summed E-state index contributed by atoms with van der Waals surface area (Å²) in [5.41, 5.74) is 0.402. The van der Waals surface area contributed by atoms with E-state index in [9.17, 15) is 18.4 Å². The van der Waals surface area contributed by atoms with Crippen molar-refractivity contribution in [3.05, 3.63) is 35.4 Å². The molecule has 0 spiro atoms. The highest BCUT2D eigenvalue weighted by Gasteiger charge is 2.20. The number of nitrogens with one attached hydrogen (secondary N) is 1. The van der Waals surface area contributed by atoms with Crippen molar-refractivity contribution in [2.45, 2.75) is 26.8 Å². The van der Waals surface area contributed by atoms with Crippen LogP contribution in [0.4, 0.5) is 8.78 Å². The lowest BCUT2D eigenvalue weighted by Gasteiger charge is -2.14. The molecule has 0 fully saturated rings. The van der Waals surface area contributed by atoms with Gasteiger partial charge in [0.1, 0.15) is 0 Å². The SMILES string of the molecule is CC(C)C(=O)C(=O)NC(C)c1ccc(F)c(F)c1. The molecule has 0 saturated heterocycles. The van der Waals surface area contributed by atoms with Gasteiger partial charge < -0.3 is 5.32 Å². The second kappa shape index (κ2) is 5.71. The maximum Gasteiger partial charge on any atom is 0.288 e. The molecule has 1 amide bonds. The molecule has 1 rings (SSSR count). The number of halogens is 2. The van der Waals surface area contributed by atoms with Gasteiger partial charge in [-0.2, -0.15) is 0 Å². The summed E-state index contributed by atoms with van der Waals surface area (Å²) < 4.78 is 25.8. The number of benzene rings is 1. The predicted molar refractivity (Wildman–Crippen MR) is 62.8 cm³/mol. The van der Waals surface area contributed by atoms with E-state index < -0.39 is 35.3 Å². The van der Waals surface area contributed by atoms with E-state index in [-0.39, 0.29) is 0 Å². The number of hydrogen-bond donors (Lipinski definition) is 1. The molecule has 18 heavy (non-hydrogen) atoms. The molecule has 0 aliphatic rings. The first-order chi connectivity index (χ1) is 8.32. The van der Waals surface area contributed by atoms with E-state index in [1.165, 1.54) is 6.07 Å². The van der Waals surface area contributed by atoms with Crippen LogP contribution in [0, 0.1) is 17.6 Å². The van der Waals surface area contributed by atoms with Gasteiger partial charge in [0.15, 0.2) is 11.6 Å². The molecule has 1 aromatic carbocycles. The minimum atomic E-state index is -0.983. The lowest BCUT2D eigenvalue weighted by Crippen LogP contribution is -2.35. The number of amides is 1. The average molecular weight is 255 g/mol. The van der Waals surface area contributed by atoms with Crippen LogP contribution in [-0.2, 0) is 9.59 Å². The molecule has 0 saturated carbocycles. The van der Waals surface area contributed by atoms with E-state index in [1.807, 2.05) is 0 Å². The molecule has 0 aliphatic heterocycles. The second-order valence-corrected chi connectivity index (χ2v) is 4.39. The molecular formula is C13H15F2NO2. The standard InChI is InChI=1S/C13H15F2NO2/c1-7(2)12(17)13(18)16-8(3)9-4-5-10(14)11(15)6-9/h4-8H,1-3H3,(H,16,18). The van der Waals surface area contributed by atoms with Gasteiger partial charge in [-0.1, -0.05) is 19.9 Å². The van der Waals surface area contributed by atoms with Crippen molar-refractivity contribution in [1.82, 2.24) is 5.32 Å². The van der Waals surface area contributed by atoms with Crippen molar-refractivity contribution >= 4 is 11.7 Å². The molecule has 1 N–H and O–H groups in total. The van der Waals surface area contributed by atoms with E-state index in [2.05, 4.69) is 5.32 Å². The van der Waals surface area contributed by atoms with Crippen molar-refractivity contribution in [2.75, 3.05) is 0 Å². The summed E-state index contributed by atoms with van der Waals surface area (Å²) in [7, 11) is 0. The van der Waals surface area contributed by atoms with Gasteiger partial charge in [-0.25, -0.2) is 8.78 Å². The Balaban J connectivity index is 2.76. The number of rotatable bonds is 4. The third-order valence-corrected chi connectivity index (χ3v) is 2.54. The molecule has 0 aliphatic carbocycles. The summed E-state index contributed by atoms with van der Waals surface area (Å²) in [5, 5.41) is 2.45. The normalized spacial score (nSPS) is 12.3. The van der Waals surface area contributed by atoms with Crippen molar-refractivity contribution < 1.29 is 18.4 Å². The number of carbonyl (C=O) groups excluding carboxylic acids is 2. The maximum atomic E-state index is 13.0. The van der Waals surface area contributed by atoms with E-state index in [0.29, 0.717) is 5.56 Å². The highest BCUT2D eigenvalue weighted by atomic mass is 19.2. The summed E-state index contributed by atoms with van der Waals surface area (Å²) in [6, 6.07) is 2.79. The zero-order chi connectivity index (χ0) is 13.9. The van der Waals surface area contributed by atoms with Gasteiger partial charge in [-0.05, 0) is 24.6 Å². The van der Waals surface area contributed by atoms with E-state index in [4.69, 9.17) is 0 Å². The second-order valence-electron chi connectivity index (χ2n) is 4.39.